The Morgan fingerprint density at radius 3 is 2.80 bits per heavy atom. The summed E-state index contributed by atoms with van der Waals surface area (Å²) in [6.07, 6.45) is 4.31. The summed E-state index contributed by atoms with van der Waals surface area (Å²) in [4.78, 5) is 14.4. The lowest BCUT2D eigenvalue weighted by Gasteiger charge is -2.43. The molecule has 0 saturated heterocycles. The van der Waals surface area contributed by atoms with Gasteiger partial charge in [-0.3, -0.25) is 4.79 Å². The molecule has 0 aromatic heterocycles. The van der Waals surface area contributed by atoms with Gasteiger partial charge in [0.05, 0.1) is 5.70 Å². The van der Waals surface area contributed by atoms with Gasteiger partial charge in [0, 0.05) is 17.5 Å². The Kier molecular flexibility index (Phi) is 2.67. The maximum absolute atomic E-state index is 12.7. The van der Waals surface area contributed by atoms with E-state index in [0.717, 1.165) is 17.7 Å². The number of hydrogen-bond acceptors (Lipinski definition) is 2. The first kappa shape index (κ1) is 13.1. The minimum Gasteiger partial charge on any atom is -0.375 e. The fourth-order valence-electron chi connectivity index (χ4n) is 3.29. The van der Waals surface area contributed by atoms with Crippen LogP contribution in [0, 0.1) is 0 Å². The number of amides is 1. The smallest absolute Gasteiger partial charge is 0.263 e. The van der Waals surface area contributed by atoms with Crippen molar-refractivity contribution in [2.75, 3.05) is 0 Å². The van der Waals surface area contributed by atoms with Gasteiger partial charge in [0.1, 0.15) is 0 Å². The number of aliphatic hydroxyl groups is 1. The van der Waals surface area contributed by atoms with Gasteiger partial charge in [-0.25, -0.2) is 0 Å². The van der Waals surface area contributed by atoms with E-state index in [1.54, 1.807) is 17.1 Å². The molecule has 3 rings (SSSR count). The second-order valence-electron chi connectivity index (χ2n) is 6.23. The highest BCUT2D eigenvalue weighted by Crippen LogP contribution is 2.45. The number of carbonyl (C=O) groups excluding carboxylic acids is 1. The molecular weight excluding hydrogens is 250 g/mol. The highest BCUT2D eigenvalue weighted by Gasteiger charge is 2.51. The molecule has 0 bridgehead atoms. The molecule has 0 fully saturated rings. The molecule has 20 heavy (non-hydrogen) atoms. The second kappa shape index (κ2) is 4.06. The average molecular weight is 269 g/mol. The molecule has 0 unspecified atom stereocenters. The van der Waals surface area contributed by atoms with E-state index in [-0.39, 0.29) is 17.9 Å². The Hall–Kier alpha value is -1.87. The van der Waals surface area contributed by atoms with Crippen LogP contribution in [0.1, 0.15) is 31.4 Å². The highest BCUT2D eigenvalue weighted by atomic mass is 16.3. The molecule has 2 heterocycles. The van der Waals surface area contributed by atoms with Crippen LogP contribution in [0.25, 0.3) is 5.70 Å². The van der Waals surface area contributed by atoms with Gasteiger partial charge in [0.25, 0.3) is 5.91 Å². The predicted octanol–water partition coefficient (Wildman–Crippen LogP) is 2.51. The first-order valence-corrected chi connectivity index (χ1v) is 6.88. The molecule has 1 amide bonds. The van der Waals surface area contributed by atoms with Crippen molar-refractivity contribution >= 4 is 11.6 Å². The molecule has 1 aromatic carbocycles. The Bertz CT molecular complexity index is 630. The normalized spacial score (nSPS) is 26.9. The lowest BCUT2D eigenvalue weighted by Crippen LogP contribution is -2.53. The fraction of sp³-hybridized carbons (Fsp3) is 0.353. The summed E-state index contributed by atoms with van der Waals surface area (Å²) in [5, 5.41) is 10.6. The summed E-state index contributed by atoms with van der Waals surface area (Å²) in [6.45, 7) is 7.71. The number of fused-ring (bicyclic) bond motifs is 3. The van der Waals surface area contributed by atoms with Crippen molar-refractivity contribution in [1.29, 1.82) is 0 Å². The Labute approximate surface area is 119 Å². The maximum Gasteiger partial charge on any atom is 0.263 e. The minimum absolute atomic E-state index is 0.240. The van der Waals surface area contributed by atoms with E-state index in [1.165, 1.54) is 5.56 Å². The summed E-state index contributed by atoms with van der Waals surface area (Å²) in [6, 6.07) is 8.07. The zero-order valence-corrected chi connectivity index (χ0v) is 11.9. The van der Waals surface area contributed by atoms with Crippen molar-refractivity contribution in [2.45, 2.75) is 37.8 Å². The molecule has 0 spiro atoms. The number of benzene rings is 1. The minimum atomic E-state index is -1.45. The zero-order valence-electron chi connectivity index (χ0n) is 11.9. The summed E-state index contributed by atoms with van der Waals surface area (Å²) >= 11 is 0. The van der Waals surface area contributed by atoms with E-state index in [4.69, 9.17) is 0 Å². The van der Waals surface area contributed by atoms with E-state index in [9.17, 15) is 9.90 Å². The molecule has 1 atom stereocenters. The standard InChI is InChI=1S/C17H19NO2/c1-4-9-17(20)11-14-13-8-6-5-7-12(13)10-16(2,3)18(14)15(17)19/h4-8,11,20H,1,9-10H2,2-3H3/t17-/m0/s1. The number of hydrogen-bond donors (Lipinski definition) is 1. The number of carbonyl (C=O) groups is 1. The van der Waals surface area contributed by atoms with E-state index >= 15 is 0 Å². The van der Waals surface area contributed by atoms with Crippen molar-refractivity contribution in [1.82, 2.24) is 4.90 Å². The van der Waals surface area contributed by atoms with Crippen molar-refractivity contribution in [3.05, 3.63) is 54.1 Å². The van der Waals surface area contributed by atoms with Gasteiger partial charge in [-0.2, -0.15) is 0 Å². The molecule has 1 aromatic rings. The van der Waals surface area contributed by atoms with Crippen molar-refractivity contribution < 1.29 is 9.90 Å². The third-order valence-corrected chi connectivity index (χ3v) is 4.17. The lowest BCUT2D eigenvalue weighted by atomic mass is 9.84. The summed E-state index contributed by atoms with van der Waals surface area (Å²) in [7, 11) is 0. The van der Waals surface area contributed by atoms with Crippen LogP contribution in [0.4, 0.5) is 0 Å². The molecule has 3 heteroatoms. The molecule has 2 aliphatic rings. The van der Waals surface area contributed by atoms with Gasteiger partial charge < -0.3 is 10.0 Å². The summed E-state index contributed by atoms with van der Waals surface area (Å²) in [5.41, 5.74) is 1.30. The average Bonchev–Trinajstić information content (AvgIpc) is 2.63. The van der Waals surface area contributed by atoms with Gasteiger partial charge >= 0.3 is 0 Å². The van der Waals surface area contributed by atoms with Gasteiger partial charge in [-0.15, -0.1) is 6.58 Å². The largest absolute Gasteiger partial charge is 0.375 e. The van der Waals surface area contributed by atoms with Crippen molar-refractivity contribution in [2.24, 2.45) is 0 Å². The van der Waals surface area contributed by atoms with Crippen LogP contribution in [0.15, 0.2) is 43.0 Å². The SMILES string of the molecule is C=CC[C@]1(O)C=C2c3ccccc3CC(C)(C)N2C1=O. The van der Waals surface area contributed by atoms with Crippen LogP contribution in [-0.4, -0.2) is 27.1 Å². The number of nitrogens with zero attached hydrogens (tertiary/aromatic N) is 1. The van der Waals surface area contributed by atoms with Gasteiger partial charge in [-0.1, -0.05) is 30.3 Å². The second-order valence-corrected chi connectivity index (χ2v) is 6.23. The Balaban J connectivity index is 2.20. The van der Waals surface area contributed by atoms with Crippen LogP contribution >= 0.6 is 0 Å². The molecule has 104 valence electrons. The van der Waals surface area contributed by atoms with Crippen molar-refractivity contribution in [3.63, 3.8) is 0 Å². The van der Waals surface area contributed by atoms with E-state index in [0.29, 0.717) is 0 Å². The first-order chi connectivity index (χ1) is 9.39. The Morgan fingerprint density at radius 2 is 2.10 bits per heavy atom. The maximum atomic E-state index is 12.7. The van der Waals surface area contributed by atoms with E-state index < -0.39 is 5.60 Å². The molecule has 3 nitrogen and oxygen atoms in total. The van der Waals surface area contributed by atoms with E-state index in [1.807, 2.05) is 32.0 Å². The topological polar surface area (TPSA) is 40.5 Å². The fourth-order valence-corrected chi connectivity index (χ4v) is 3.29. The molecule has 0 aliphatic carbocycles. The summed E-state index contributed by atoms with van der Waals surface area (Å²) in [5.74, 6) is -0.244. The third-order valence-electron chi connectivity index (χ3n) is 4.17. The molecule has 0 radical (unpaired) electrons. The first-order valence-electron chi connectivity index (χ1n) is 6.88. The summed E-state index contributed by atoms with van der Waals surface area (Å²) < 4.78 is 0. The lowest BCUT2D eigenvalue weighted by molar-refractivity contribution is -0.144. The van der Waals surface area contributed by atoms with Crippen LogP contribution in [0.2, 0.25) is 0 Å². The molecular formula is C17H19NO2. The monoisotopic (exact) mass is 269 g/mol. The van der Waals surface area contributed by atoms with Gasteiger partial charge in [0.15, 0.2) is 5.60 Å². The van der Waals surface area contributed by atoms with Crippen LogP contribution in [0.5, 0.6) is 0 Å². The number of rotatable bonds is 2. The van der Waals surface area contributed by atoms with Gasteiger partial charge in [0.2, 0.25) is 0 Å². The highest BCUT2D eigenvalue weighted by molar-refractivity contribution is 6.02. The van der Waals surface area contributed by atoms with Gasteiger partial charge in [-0.05, 0) is 31.9 Å². The molecule has 1 N–H and O–H groups in total. The van der Waals surface area contributed by atoms with Crippen LogP contribution in [0.3, 0.4) is 0 Å². The van der Waals surface area contributed by atoms with Crippen molar-refractivity contribution in [3.8, 4) is 0 Å². The molecule has 2 aliphatic heterocycles. The third kappa shape index (κ3) is 1.66. The van der Waals surface area contributed by atoms with E-state index in [2.05, 4.69) is 12.6 Å². The van der Waals surface area contributed by atoms with Crippen LogP contribution in [-0.2, 0) is 11.2 Å². The predicted molar refractivity (Wildman–Crippen MR) is 78.8 cm³/mol. The van der Waals surface area contributed by atoms with Crippen LogP contribution < -0.4 is 0 Å². The quantitative estimate of drug-likeness (QED) is 0.838. The molecule has 0 saturated carbocycles. The Morgan fingerprint density at radius 1 is 1.40 bits per heavy atom. The zero-order chi connectivity index (χ0) is 14.5.